The normalized spacial score (nSPS) is 26.2. The first-order valence-electron chi connectivity index (χ1n) is 8.49. The van der Waals surface area contributed by atoms with Gasteiger partial charge in [-0.05, 0) is 26.2 Å². The summed E-state index contributed by atoms with van der Waals surface area (Å²) in [5, 5.41) is 7.53. The third-order valence-electron chi connectivity index (χ3n) is 4.76. The lowest BCUT2D eigenvalue weighted by atomic mass is 10.2. The van der Waals surface area contributed by atoms with Crippen LogP contribution >= 0.6 is 0 Å². The van der Waals surface area contributed by atoms with E-state index >= 15 is 0 Å². The summed E-state index contributed by atoms with van der Waals surface area (Å²) >= 11 is 0. The molecule has 10 heteroatoms. The fourth-order valence-corrected chi connectivity index (χ4v) is 3.30. The Morgan fingerprint density at radius 2 is 2.12 bits per heavy atom. The van der Waals surface area contributed by atoms with Crippen molar-refractivity contribution >= 4 is 11.8 Å². The van der Waals surface area contributed by atoms with Crippen LogP contribution in [-0.4, -0.2) is 47.3 Å². The molecule has 0 aromatic carbocycles. The van der Waals surface area contributed by atoms with Crippen LogP contribution in [0.3, 0.4) is 0 Å². The summed E-state index contributed by atoms with van der Waals surface area (Å²) in [6, 6.07) is 0.295. The maximum absolute atomic E-state index is 12.9. The van der Waals surface area contributed by atoms with Crippen molar-refractivity contribution in [1.29, 1.82) is 0 Å². The standard InChI is InChI=1S/C16H23F3N6O/c1-9-13(8-25(24-9)10-4-5-11(6-10)26-3)22-15-21-7-12(16(17,18)19)14(20-2)23-15/h7-11,24H,4-6H2,1-3H3,(H2,20,21,22,23). The second-order valence-corrected chi connectivity index (χ2v) is 6.50. The van der Waals surface area contributed by atoms with Gasteiger partial charge in [0.15, 0.2) is 0 Å². The van der Waals surface area contributed by atoms with Crippen molar-refractivity contribution in [2.75, 3.05) is 24.8 Å². The average molecular weight is 372 g/mol. The van der Waals surface area contributed by atoms with Crippen LogP contribution in [0.4, 0.5) is 24.9 Å². The lowest BCUT2D eigenvalue weighted by Crippen LogP contribution is -2.41. The molecular formula is C16H23F3N6O. The van der Waals surface area contributed by atoms with Gasteiger partial charge in [0, 0.05) is 32.6 Å². The lowest BCUT2D eigenvalue weighted by molar-refractivity contribution is -0.137. The van der Waals surface area contributed by atoms with Gasteiger partial charge in [0.05, 0.1) is 17.8 Å². The van der Waals surface area contributed by atoms with Crippen LogP contribution in [0.25, 0.3) is 0 Å². The first-order valence-corrected chi connectivity index (χ1v) is 8.49. The number of aromatic nitrogens is 2. The molecule has 0 spiro atoms. The van der Waals surface area contributed by atoms with Crippen molar-refractivity contribution in [2.24, 2.45) is 0 Å². The average Bonchev–Trinajstić information content (AvgIpc) is 3.21. The maximum atomic E-state index is 12.9. The first kappa shape index (κ1) is 18.7. The third kappa shape index (κ3) is 3.85. The Morgan fingerprint density at radius 3 is 2.73 bits per heavy atom. The molecule has 7 nitrogen and oxygen atoms in total. The molecule has 3 rings (SSSR count). The molecule has 3 atom stereocenters. The highest BCUT2D eigenvalue weighted by Crippen LogP contribution is 2.34. The number of rotatable bonds is 5. The SMILES string of the molecule is CNc1nc(NC2=CN(C3CCC(OC)C3)NC2C)ncc1C(F)(F)F. The number of halogens is 3. The van der Waals surface area contributed by atoms with E-state index in [1.165, 1.54) is 7.05 Å². The van der Waals surface area contributed by atoms with E-state index in [1.54, 1.807) is 7.11 Å². The Labute approximate surface area is 150 Å². The first-order chi connectivity index (χ1) is 12.3. The molecule has 3 unspecified atom stereocenters. The van der Waals surface area contributed by atoms with E-state index in [-0.39, 0.29) is 23.9 Å². The lowest BCUT2D eigenvalue weighted by Gasteiger charge is -2.25. The van der Waals surface area contributed by atoms with Gasteiger partial charge >= 0.3 is 6.18 Å². The molecule has 1 aliphatic heterocycles. The zero-order valence-corrected chi connectivity index (χ0v) is 14.9. The maximum Gasteiger partial charge on any atom is 0.421 e. The highest BCUT2D eigenvalue weighted by Gasteiger charge is 2.36. The van der Waals surface area contributed by atoms with Crippen LogP contribution in [0.15, 0.2) is 18.1 Å². The van der Waals surface area contributed by atoms with Gasteiger partial charge in [-0.25, -0.2) is 10.4 Å². The van der Waals surface area contributed by atoms with Gasteiger partial charge in [-0.2, -0.15) is 18.2 Å². The Morgan fingerprint density at radius 1 is 1.35 bits per heavy atom. The van der Waals surface area contributed by atoms with Crippen molar-refractivity contribution in [1.82, 2.24) is 20.4 Å². The zero-order chi connectivity index (χ0) is 18.9. The summed E-state index contributed by atoms with van der Waals surface area (Å²) in [6.45, 7) is 1.96. The number of methoxy groups -OCH3 is 1. The minimum absolute atomic E-state index is 0.0273. The fraction of sp³-hybridized carbons (Fsp3) is 0.625. The third-order valence-corrected chi connectivity index (χ3v) is 4.76. The van der Waals surface area contributed by atoms with Crippen LogP contribution < -0.4 is 16.1 Å². The molecule has 1 aliphatic carbocycles. The summed E-state index contributed by atoms with van der Waals surface area (Å²) < 4.78 is 44.2. The van der Waals surface area contributed by atoms with Gasteiger partial charge in [-0.3, -0.25) is 0 Å². The molecule has 0 radical (unpaired) electrons. The minimum Gasteiger partial charge on any atom is -0.381 e. The summed E-state index contributed by atoms with van der Waals surface area (Å²) in [4.78, 5) is 7.75. The second kappa shape index (κ2) is 7.28. The number of hydrogen-bond donors (Lipinski definition) is 3. The summed E-state index contributed by atoms with van der Waals surface area (Å²) in [5.74, 6) is -0.143. The van der Waals surface area contributed by atoms with E-state index in [9.17, 15) is 13.2 Å². The number of nitrogens with one attached hydrogen (secondary N) is 3. The van der Waals surface area contributed by atoms with E-state index in [1.807, 2.05) is 18.1 Å². The van der Waals surface area contributed by atoms with Crippen molar-refractivity contribution in [3.63, 3.8) is 0 Å². The number of hydrazine groups is 1. The largest absolute Gasteiger partial charge is 0.421 e. The molecule has 1 aromatic rings. The molecule has 2 heterocycles. The molecule has 1 fully saturated rings. The molecule has 144 valence electrons. The molecule has 2 aliphatic rings. The number of ether oxygens (including phenoxy) is 1. The van der Waals surface area contributed by atoms with Crippen LogP contribution in [0.5, 0.6) is 0 Å². The molecule has 3 N–H and O–H groups in total. The molecule has 0 saturated heterocycles. The quantitative estimate of drug-likeness (QED) is 0.734. The van der Waals surface area contributed by atoms with Gasteiger partial charge in [-0.1, -0.05) is 0 Å². The topological polar surface area (TPSA) is 74.3 Å². The van der Waals surface area contributed by atoms with Gasteiger partial charge in [0.1, 0.15) is 11.4 Å². The number of hydrogen-bond acceptors (Lipinski definition) is 7. The second-order valence-electron chi connectivity index (χ2n) is 6.50. The molecule has 0 bridgehead atoms. The number of anilines is 2. The predicted molar refractivity (Wildman–Crippen MR) is 91.2 cm³/mol. The summed E-state index contributed by atoms with van der Waals surface area (Å²) in [6.07, 6.45) is 1.43. The molecule has 0 amide bonds. The summed E-state index contributed by atoms with van der Waals surface area (Å²) in [7, 11) is 3.12. The predicted octanol–water partition coefficient (Wildman–Crippen LogP) is 2.57. The smallest absolute Gasteiger partial charge is 0.381 e. The highest BCUT2D eigenvalue weighted by atomic mass is 19.4. The van der Waals surface area contributed by atoms with Crippen molar-refractivity contribution in [3.8, 4) is 0 Å². The molecular weight excluding hydrogens is 349 g/mol. The van der Waals surface area contributed by atoms with E-state index in [0.717, 1.165) is 31.2 Å². The molecule has 1 saturated carbocycles. The number of alkyl halides is 3. The Balaban J connectivity index is 1.73. The molecule has 26 heavy (non-hydrogen) atoms. The van der Waals surface area contributed by atoms with Crippen LogP contribution in [0, 0.1) is 0 Å². The minimum atomic E-state index is -4.50. The van der Waals surface area contributed by atoms with E-state index < -0.39 is 11.7 Å². The van der Waals surface area contributed by atoms with Crippen molar-refractivity contribution in [2.45, 2.75) is 50.6 Å². The highest BCUT2D eigenvalue weighted by molar-refractivity contribution is 5.50. The molecule has 1 aromatic heterocycles. The van der Waals surface area contributed by atoms with E-state index in [4.69, 9.17) is 4.74 Å². The fourth-order valence-electron chi connectivity index (χ4n) is 3.30. The Kier molecular flexibility index (Phi) is 5.24. The van der Waals surface area contributed by atoms with Gasteiger partial charge < -0.3 is 20.4 Å². The van der Waals surface area contributed by atoms with Crippen molar-refractivity contribution in [3.05, 3.63) is 23.7 Å². The van der Waals surface area contributed by atoms with Crippen molar-refractivity contribution < 1.29 is 17.9 Å². The Hall–Kier alpha value is -2.07. The Bertz CT molecular complexity index is 680. The van der Waals surface area contributed by atoms with Gasteiger partial charge in [-0.15, -0.1) is 0 Å². The number of nitrogens with zero attached hydrogens (tertiary/aromatic N) is 3. The monoisotopic (exact) mass is 372 g/mol. The van der Waals surface area contributed by atoms with Crippen LogP contribution in [0.2, 0.25) is 0 Å². The van der Waals surface area contributed by atoms with Gasteiger partial charge in [0.2, 0.25) is 5.95 Å². The zero-order valence-electron chi connectivity index (χ0n) is 14.9. The van der Waals surface area contributed by atoms with E-state index in [0.29, 0.717) is 6.04 Å². The van der Waals surface area contributed by atoms with E-state index in [2.05, 4.69) is 26.0 Å². The summed E-state index contributed by atoms with van der Waals surface area (Å²) in [5.41, 5.74) is 3.25. The van der Waals surface area contributed by atoms with Crippen LogP contribution in [-0.2, 0) is 10.9 Å². The van der Waals surface area contributed by atoms with Crippen LogP contribution in [0.1, 0.15) is 31.7 Å². The van der Waals surface area contributed by atoms with Gasteiger partial charge in [0.25, 0.3) is 0 Å².